The maximum atomic E-state index is 13.7. The Morgan fingerprint density at radius 1 is 1.33 bits per heavy atom. The number of halogens is 2. The maximum absolute atomic E-state index is 13.7. The Morgan fingerprint density at radius 2 is 2.12 bits per heavy atom. The predicted molar refractivity (Wildman–Crippen MR) is 84.4 cm³/mol. The molecule has 5 nitrogen and oxygen atoms in total. The SMILES string of the molecule is Cc1nc(C)n([C@@H]2CCCN(C(=O)Cc3cc(F)ccc3F)C2)n1. The van der Waals surface area contributed by atoms with E-state index in [0.717, 1.165) is 36.9 Å². The number of hydrogen-bond acceptors (Lipinski definition) is 3. The Balaban J connectivity index is 1.71. The average molecular weight is 334 g/mol. The number of benzene rings is 1. The van der Waals surface area contributed by atoms with Crippen molar-refractivity contribution in [1.82, 2.24) is 19.7 Å². The molecular formula is C17H20F2N4O. The molecule has 128 valence electrons. The van der Waals surface area contributed by atoms with E-state index in [2.05, 4.69) is 10.1 Å². The number of aryl methyl sites for hydroxylation is 2. The Labute approximate surface area is 139 Å². The second-order valence-electron chi connectivity index (χ2n) is 6.20. The van der Waals surface area contributed by atoms with Crippen LogP contribution in [0.25, 0.3) is 0 Å². The third kappa shape index (κ3) is 3.44. The van der Waals surface area contributed by atoms with Crippen molar-refractivity contribution in [2.75, 3.05) is 13.1 Å². The molecule has 1 fully saturated rings. The molecule has 1 saturated heterocycles. The van der Waals surface area contributed by atoms with E-state index in [1.165, 1.54) is 0 Å². The van der Waals surface area contributed by atoms with Gasteiger partial charge in [-0.15, -0.1) is 0 Å². The van der Waals surface area contributed by atoms with Crippen LogP contribution in [0.2, 0.25) is 0 Å². The van der Waals surface area contributed by atoms with Gasteiger partial charge in [-0.3, -0.25) is 4.79 Å². The minimum Gasteiger partial charge on any atom is -0.340 e. The zero-order valence-electron chi connectivity index (χ0n) is 13.8. The molecule has 24 heavy (non-hydrogen) atoms. The minimum atomic E-state index is -0.555. The van der Waals surface area contributed by atoms with Crippen molar-refractivity contribution in [2.24, 2.45) is 0 Å². The first kappa shape index (κ1) is 16.5. The minimum absolute atomic E-state index is 0.0706. The monoisotopic (exact) mass is 334 g/mol. The number of carbonyl (C=O) groups is 1. The fourth-order valence-corrected chi connectivity index (χ4v) is 3.22. The van der Waals surface area contributed by atoms with E-state index in [9.17, 15) is 13.6 Å². The van der Waals surface area contributed by atoms with Gasteiger partial charge in [0.15, 0.2) is 0 Å². The highest BCUT2D eigenvalue weighted by atomic mass is 19.1. The van der Waals surface area contributed by atoms with Gasteiger partial charge in [0.05, 0.1) is 12.5 Å². The predicted octanol–water partition coefficient (Wildman–Crippen LogP) is 2.58. The second kappa shape index (κ2) is 6.67. The standard InChI is InChI=1S/C17H20F2N4O/c1-11-20-12(2)23(21-11)15-4-3-7-22(10-15)17(24)9-13-8-14(18)5-6-16(13)19/h5-6,8,15H,3-4,7,9-10H2,1-2H3/t15-/m1/s1. The molecular weight excluding hydrogens is 314 g/mol. The molecule has 1 aromatic carbocycles. The molecule has 0 N–H and O–H groups in total. The summed E-state index contributed by atoms with van der Waals surface area (Å²) < 4.78 is 28.9. The summed E-state index contributed by atoms with van der Waals surface area (Å²) >= 11 is 0. The van der Waals surface area contributed by atoms with Gasteiger partial charge in [0.2, 0.25) is 5.91 Å². The molecule has 7 heteroatoms. The zero-order valence-corrected chi connectivity index (χ0v) is 13.8. The van der Waals surface area contributed by atoms with E-state index in [1.807, 2.05) is 18.5 Å². The number of nitrogens with zero attached hydrogens (tertiary/aromatic N) is 4. The van der Waals surface area contributed by atoms with Crippen LogP contribution in [0.5, 0.6) is 0 Å². The van der Waals surface area contributed by atoms with E-state index < -0.39 is 11.6 Å². The molecule has 2 heterocycles. The number of amides is 1. The van der Waals surface area contributed by atoms with Crippen LogP contribution in [0, 0.1) is 25.5 Å². The fraction of sp³-hybridized carbons (Fsp3) is 0.471. The molecule has 0 unspecified atom stereocenters. The molecule has 0 radical (unpaired) electrons. The lowest BCUT2D eigenvalue weighted by Crippen LogP contribution is -2.42. The summed E-state index contributed by atoms with van der Waals surface area (Å²) in [6, 6.07) is 3.26. The summed E-state index contributed by atoms with van der Waals surface area (Å²) in [6.45, 7) is 4.86. The average Bonchev–Trinajstić information content (AvgIpc) is 2.89. The first-order valence-corrected chi connectivity index (χ1v) is 8.05. The summed E-state index contributed by atoms with van der Waals surface area (Å²) in [5.74, 6) is 0.241. The largest absolute Gasteiger partial charge is 0.340 e. The van der Waals surface area contributed by atoms with E-state index >= 15 is 0 Å². The van der Waals surface area contributed by atoms with E-state index in [0.29, 0.717) is 18.9 Å². The van der Waals surface area contributed by atoms with Gasteiger partial charge in [-0.1, -0.05) is 0 Å². The maximum Gasteiger partial charge on any atom is 0.227 e. The van der Waals surface area contributed by atoms with Crippen molar-refractivity contribution in [3.63, 3.8) is 0 Å². The molecule has 1 atom stereocenters. The molecule has 0 bridgehead atoms. The van der Waals surface area contributed by atoms with E-state index in [1.54, 1.807) is 4.90 Å². The normalized spacial score (nSPS) is 18.0. The van der Waals surface area contributed by atoms with Crippen LogP contribution in [-0.2, 0) is 11.2 Å². The van der Waals surface area contributed by atoms with Gasteiger partial charge >= 0.3 is 0 Å². The number of likely N-dealkylation sites (tertiary alicyclic amines) is 1. The number of carbonyl (C=O) groups excluding carboxylic acids is 1. The van der Waals surface area contributed by atoms with E-state index in [4.69, 9.17) is 0 Å². The van der Waals surface area contributed by atoms with Crippen molar-refractivity contribution >= 4 is 5.91 Å². The van der Waals surface area contributed by atoms with Crippen molar-refractivity contribution in [3.8, 4) is 0 Å². The van der Waals surface area contributed by atoms with Crippen LogP contribution in [0.4, 0.5) is 8.78 Å². The lowest BCUT2D eigenvalue weighted by molar-refractivity contribution is -0.132. The Bertz CT molecular complexity index is 759. The summed E-state index contributed by atoms with van der Waals surface area (Å²) in [5, 5.41) is 4.40. The molecule has 1 aromatic heterocycles. The summed E-state index contributed by atoms with van der Waals surface area (Å²) in [7, 11) is 0. The van der Waals surface area contributed by atoms with Crippen LogP contribution in [0.15, 0.2) is 18.2 Å². The third-order valence-corrected chi connectivity index (χ3v) is 4.35. The molecule has 2 aromatic rings. The number of hydrogen-bond donors (Lipinski definition) is 0. The number of aromatic nitrogens is 3. The van der Waals surface area contributed by atoms with Crippen molar-refractivity contribution < 1.29 is 13.6 Å². The Morgan fingerprint density at radius 3 is 2.83 bits per heavy atom. The Hall–Kier alpha value is -2.31. The smallest absolute Gasteiger partial charge is 0.227 e. The first-order chi connectivity index (χ1) is 11.4. The van der Waals surface area contributed by atoms with Crippen LogP contribution >= 0.6 is 0 Å². The highest BCUT2D eigenvalue weighted by molar-refractivity contribution is 5.79. The highest BCUT2D eigenvalue weighted by Gasteiger charge is 2.27. The Kier molecular flexibility index (Phi) is 4.59. The molecule has 3 rings (SSSR count). The highest BCUT2D eigenvalue weighted by Crippen LogP contribution is 2.23. The van der Waals surface area contributed by atoms with Crippen LogP contribution < -0.4 is 0 Å². The van der Waals surface area contributed by atoms with Gasteiger partial charge in [-0.2, -0.15) is 5.10 Å². The number of rotatable bonds is 3. The summed E-state index contributed by atoms with van der Waals surface area (Å²) in [6.07, 6.45) is 1.63. The molecule has 1 amide bonds. The quantitative estimate of drug-likeness (QED) is 0.867. The zero-order chi connectivity index (χ0) is 17.3. The van der Waals surface area contributed by atoms with Crippen LogP contribution in [-0.4, -0.2) is 38.7 Å². The molecule has 1 aliphatic rings. The topological polar surface area (TPSA) is 51.0 Å². The van der Waals surface area contributed by atoms with Crippen LogP contribution in [0.3, 0.4) is 0 Å². The second-order valence-corrected chi connectivity index (χ2v) is 6.20. The van der Waals surface area contributed by atoms with Gasteiger partial charge in [-0.25, -0.2) is 18.4 Å². The van der Waals surface area contributed by atoms with Gasteiger partial charge in [0.1, 0.15) is 23.3 Å². The molecule has 0 spiro atoms. The summed E-state index contributed by atoms with van der Waals surface area (Å²) in [4.78, 5) is 18.5. The fourth-order valence-electron chi connectivity index (χ4n) is 3.22. The first-order valence-electron chi connectivity index (χ1n) is 8.05. The molecule has 0 saturated carbocycles. The van der Waals surface area contributed by atoms with E-state index in [-0.39, 0.29) is 23.9 Å². The summed E-state index contributed by atoms with van der Waals surface area (Å²) in [5.41, 5.74) is 0.0925. The van der Waals surface area contributed by atoms with Gasteiger partial charge in [0, 0.05) is 18.7 Å². The van der Waals surface area contributed by atoms with Gasteiger partial charge < -0.3 is 4.90 Å². The lowest BCUT2D eigenvalue weighted by Gasteiger charge is -2.33. The van der Waals surface area contributed by atoms with Crippen molar-refractivity contribution in [3.05, 3.63) is 47.0 Å². The molecule has 0 aliphatic carbocycles. The number of piperidine rings is 1. The van der Waals surface area contributed by atoms with Crippen molar-refractivity contribution in [1.29, 1.82) is 0 Å². The van der Waals surface area contributed by atoms with Gasteiger partial charge in [0.25, 0.3) is 0 Å². The molecule has 1 aliphatic heterocycles. The van der Waals surface area contributed by atoms with Crippen molar-refractivity contribution in [2.45, 2.75) is 39.2 Å². The third-order valence-electron chi connectivity index (χ3n) is 4.35. The van der Waals surface area contributed by atoms with Crippen LogP contribution in [0.1, 0.15) is 36.1 Å². The lowest BCUT2D eigenvalue weighted by atomic mass is 10.0. The van der Waals surface area contributed by atoms with Gasteiger partial charge in [-0.05, 0) is 44.9 Å².